The summed E-state index contributed by atoms with van der Waals surface area (Å²) < 4.78 is 52.9. The Labute approximate surface area is 152 Å². The molecule has 0 unspecified atom stereocenters. The third-order valence-corrected chi connectivity index (χ3v) is 4.37. The smallest absolute Gasteiger partial charge is 0.310 e. The van der Waals surface area contributed by atoms with Crippen LogP contribution in [0.4, 0.5) is 18.9 Å². The van der Waals surface area contributed by atoms with E-state index in [1.165, 1.54) is 6.07 Å². The van der Waals surface area contributed by atoms with Gasteiger partial charge in [0.25, 0.3) is 11.9 Å². The van der Waals surface area contributed by atoms with Gasteiger partial charge in [-0.25, -0.2) is 14.4 Å². The Morgan fingerprint density at radius 2 is 2.15 bits per heavy atom. The molecule has 3 rings (SSSR count). The highest BCUT2D eigenvalue weighted by Crippen LogP contribution is 2.44. The van der Waals surface area contributed by atoms with E-state index in [1.54, 1.807) is 6.92 Å². The molecule has 0 saturated carbocycles. The molecule has 27 heavy (non-hydrogen) atoms. The predicted octanol–water partition coefficient (Wildman–Crippen LogP) is 2.82. The van der Waals surface area contributed by atoms with E-state index in [2.05, 4.69) is 20.0 Å². The molecule has 0 bridgehead atoms. The molecule has 1 aromatic heterocycles. The fraction of sp³-hybridized carbons (Fsp3) is 0.353. The number of aliphatic imine (C=N–C) groups is 1. The van der Waals surface area contributed by atoms with Gasteiger partial charge in [0.15, 0.2) is 24.2 Å². The van der Waals surface area contributed by atoms with Gasteiger partial charge in [-0.2, -0.15) is 8.78 Å². The summed E-state index contributed by atoms with van der Waals surface area (Å²) >= 11 is 0. The van der Waals surface area contributed by atoms with Crippen LogP contribution in [0.1, 0.15) is 35.7 Å². The zero-order chi connectivity index (χ0) is 19.8. The average Bonchev–Trinajstić information content (AvgIpc) is 3.09. The van der Waals surface area contributed by atoms with E-state index >= 15 is 0 Å². The molecule has 1 amide bonds. The number of alkyl halides is 2. The third kappa shape index (κ3) is 3.22. The number of rotatable bonds is 4. The molecule has 1 atom stereocenters. The topological polar surface area (TPSA) is 103 Å². The quantitative estimate of drug-likeness (QED) is 0.847. The first-order chi connectivity index (χ1) is 12.7. The zero-order valence-corrected chi connectivity index (χ0v) is 14.6. The lowest BCUT2D eigenvalue weighted by atomic mass is 9.85. The number of aryl methyl sites for hydroxylation is 1. The van der Waals surface area contributed by atoms with Crippen LogP contribution < -0.4 is 11.1 Å². The summed E-state index contributed by atoms with van der Waals surface area (Å²) in [5.41, 5.74) is 2.86. The van der Waals surface area contributed by atoms with Gasteiger partial charge in [-0.15, -0.1) is 0 Å². The van der Waals surface area contributed by atoms with Gasteiger partial charge in [-0.3, -0.25) is 4.79 Å². The summed E-state index contributed by atoms with van der Waals surface area (Å²) in [6, 6.07) is 2.84. The summed E-state index contributed by atoms with van der Waals surface area (Å²) in [7, 11) is 0. The van der Waals surface area contributed by atoms with Crippen molar-refractivity contribution < 1.29 is 27.1 Å². The number of amides is 1. The number of nitrogens with one attached hydrogen (secondary N) is 1. The molecular weight excluding hydrogens is 365 g/mol. The molecule has 10 heteroatoms. The van der Waals surface area contributed by atoms with Crippen molar-refractivity contribution in [1.82, 2.24) is 4.98 Å². The molecule has 0 aliphatic carbocycles. The number of benzene rings is 1. The Hall–Kier alpha value is -3.04. The number of hydrogen-bond acceptors (Lipinski definition) is 6. The Bertz CT molecular complexity index is 913. The molecule has 144 valence electrons. The Kier molecular flexibility index (Phi) is 4.58. The van der Waals surface area contributed by atoms with Gasteiger partial charge in [0.2, 0.25) is 0 Å². The number of nitrogens with zero attached hydrogens (tertiary/aromatic N) is 2. The second kappa shape index (κ2) is 6.60. The summed E-state index contributed by atoms with van der Waals surface area (Å²) in [4.78, 5) is 19.8. The molecule has 1 aliphatic heterocycles. The minimum absolute atomic E-state index is 0.0632. The standard InChI is InChI=1S/C17H17F3N4O3/c1-3-12-13(22-8-27-12)14(25)23-9-4-5-11(18)10(6-9)16(2)17(19,20)7-26-15(21)24-16/h4-6,8H,3,7H2,1-2H3,(H2,21,24)(H,23,25)/t16-/m1/s1. The van der Waals surface area contributed by atoms with E-state index in [4.69, 9.17) is 10.2 Å². The van der Waals surface area contributed by atoms with Gasteiger partial charge in [-0.1, -0.05) is 6.92 Å². The van der Waals surface area contributed by atoms with Crippen molar-refractivity contribution in [2.24, 2.45) is 10.7 Å². The van der Waals surface area contributed by atoms with Crippen LogP contribution in [-0.4, -0.2) is 29.4 Å². The molecule has 1 aliphatic rings. The van der Waals surface area contributed by atoms with E-state index in [0.717, 1.165) is 25.5 Å². The predicted molar refractivity (Wildman–Crippen MR) is 90.1 cm³/mol. The van der Waals surface area contributed by atoms with Crippen LogP contribution in [0, 0.1) is 5.82 Å². The molecular formula is C17H17F3N4O3. The first-order valence-corrected chi connectivity index (χ1v) is 8.07. The van der Waals surface area contributed by atoms with E-state index in [0.29, 0.717) is 12.2 Å². The molecule has 3 N–H and O–H groups in total. The summed E-state index contributed by atoms with van der Waals surface area (Å²) in [5, 5.41) is 2.50. The molecule has 2 heterocycles. The highest BCUT2D eigenvalue weighted by atomic mass is 19.3. The molecule has 1 aromatic carbocycles. The Balaban J connectivity index is 1.98. The van der Waals surface area contributed by atoms with Crippen molar-refractivity contribution >= 4 is 17.6 Å². The zero-order valence-electron chi connectivity index (χ0n) is 14.6. The average molecular weight is 382 g/mol. The van der Waals surface area contributed by atoms with Gasteiger partial charge < -0.3 is 20.2 Å². The van der Waals surface area contributed by atoms with Gasteiger partial charge in [0.05, 0.1) is 0 Å². The van der Waals surface area contributed by atoms with Crippen LogP contribution in [0.3, 0.4) is 0 Å². The van der Waals surface area contributed by atoms with Gasteiger partial charge in [0.1, 0.15) is 11.6 Å². The number of ether oxygens (including phenoxy) is 1. The van der Waals surface area contributed by atoms with Crippen LogP contribution >= 0.6 is 0 Å². The largest absolute Gasteiger partial charge is 0.459 e. The minimum Gasteiger partial charge on any atom is -0.459 e. The molecule has 2 aromatic rings. The Morgan fingerprint density at radius 3 is 2.85 bits per heavy atom. The fourth-order valence-corrected chi connectivity index (χ4v) is 2.77. The maximum Gasteiger partial charge on any atom is 0.310 e. The van der Waals surface area contributed by atoms with Crippen molar-refractivity contribution in [3.05, 3.63) is 47.4 Å². The van der Waals surface area contributed by atoms with Crippen LogP contribution in [0.2, 0.25) is 0 Å². The number of hydrogen-bond donors (Lipinski definition) is 2. The Morgan fingerprint density at radius 1 is 1.41 bits per heavy atom. The molecule has 0 saturated heterocycles. The van der Waals surface area contributed by atoms with Gasteiger partial charge in [0, 0.05) is 17.7 Å². The van der Waals surface area contributed by atoms with Gasteiger partial charge >= 0.3 is 5.92 Å². The first kappa shape index (κ1) is 18.7. The minimum atomic E-state index is -3.51. The lowest BCUT2D eigenvalue weighted by Gasteiger charge is -2.37. The second-order valence-corrected chi connectivity index (χ2v) is 6.14. The molecule has 0 radical (unpaired) electrons. The van der Waals surface area contributed by atoms with E-state index in [9.17, 15) is 18.0 Å². The van der Waals surface area contributed by atoms with E-state index in [1.807, 2.05) is 0 Å². The van der Waals surface area contributed by atoms with Gasteiger partial charge in [-0.05, 0) is 25.1 Å². The van der Waals surface area contributed by atoms with Crippen LogP contribution in [0.5, 0.6) is 0 Å². The number of amidine groups is 1. The monoisotopic (exact) mass is 382 g/mol. The SMILES string of the molecule is CCc1ocnc1C(=O)Nc1ccc(F)c([C@@]2(C)N=C(N)OCC2(F)F)c1. The van der Waals surface area contributed by atoms with Crippen molar-refractivity contribution in [3.8, 4) is 0 Å². The van der Waals surface area contributed by atoms with Crippen molar-refractivity contribution in [3.63, 3.8) is 0 Å². The molecule has 0 fully saturated rings. The van der Waals surface area contributed by atoms with E-state index < -0.39 is 41.4 Å². The number of anilines is 1. The number of aromatic nitrogens is 1. The number of oxazole rings is 1. The van der Waals surface area contributed by atoms with Crippen molar-refractivity contribution in [2.75, 3.05) is 11.9 Å². The van der Waals surface area contributed by atoms with Crippen molar-refractivity contribution in [2.45, 2.75) is 31.7 Å². The van der Waals surface area contributed by atoms with Crippen LogP contribution in [-0.2, 0) is 16.7 Å². The highest BCUT2D eigenvalue weighted by molar-refractivity contribution is 6.03. The highest BCUT2D eigenvalue weighted by Gasteiger charge is 2.56. The molecule has 0 spiro atoms. The number of halogens is 3. The molecule has 7 nitrogen and oxygen atoms in total. The fourth-order valence-electron chi connectivity index (χ4n) is 2.77. The summed E-state index contributed by atoms with van der Waals surface area (Å²) in [6.07, 6.45) is 1.57. The maximum atomic E-state index is 14.4. The lowest BCUT2D eigenvalue weighted by molar-refractivity contribution is -0.117. The lowest BCUT2D eigenvalue weighted by Crippen LogP contribution is -2.51. The van der Waals surface area contributed by atoms with Crippen LogP contribution in [0.25, 0.3) is 0 Å². The van der Waals surface area contributed by atoms with E-state index in [-0.39, 0.29) is 11.4 Å². The van der Waals surface area contributed by atoms with Crippen LogP contribution in [0.15, 0.2) is 34.0 Å². The normalized spacial score (nSPS) is 21.3. The van der Waals surface area contributed by atoms with Crippen molar-refractivity contribution in [1.29, 1.82) is 0 Å². The third-order valence-electron chi connectivity index (χ3n) is 4.37. The maximum absolute atomic E-state index is 14.4. The number of nitrogens with two attached hydrogens (primary N) is 1. The second-order valence-electron chi connectivity index (χ2n) is 6.14. The first-order valence-electron chi connectivity index (χ1n) is 8.07. The number of carbonyl (C=O) groups excluding carboxylic acids is 1. The number of carbonyl (C=O) groups is 1. The summed E-state index contributed by atoms with van der Waals surface area (Å²) in [6.45, 7) is 1.80. The summed E-state index contributed by atoms with van der Waals surface area (Å²) in [5.74, 6) is -4.66.